The molecule has 4 unspecified atom stereocenters. The number of likely N-dealkylation sites (N-methyl/N-ethyl adjacent to an activating group) is 1. The van der Waals surface area contributed by atoms with Crippen molar-refractivity contribution in [3.05, 3.63) is 37.0 Å². The van der Waals surface area contributed by atoms with Crippen LogP contribution in [0.25, 0.3) is 0 Å². The summed E-state index contributed by atoms with van der Waals surface area (Å²) >= 11 is 0. The van der Waals surface area contributed by atoms with E-state index < -0.39 is 121 Å². The summed E-state index contributed by atoms with van der Waals surface area (Å²) in [5.41, 5.74) is -3.50. The Morgan fingerprint density at radius 3 is 1.20 bits per heavy atom. The van der Waals surface area contributed by atoms with E-state index in [2.05, 4.69) is 29.2 Å². The van der Waals surface area contributed by atoms with E-state index in [1.54, 1.807) is 27.9 Å². The van der Waals surface area contributed by atoms with Gasteiger partial charge in [0.15, 0.2) is 13.2 Å². The van der Waals surface area contributed by atoms with E-state index in [4.69, 9.17) is 18.9 Å². The molecule has 0 aromatic rings. The number of carbonyl (C=O) groups is 6. The smallest absolute Gasteiger partial charge is 0.381 e. The molecule has 0 aliphatic carbocycles. The average molecular weight is 1210 g/mol. The monoisotopic (exact) mass is 1210 g/mol. The molecule has 0 aromatic carbocycles. The van der Waals surface area contributed by atoms with Gasteiger partial charge in [0.2, 0.25) is 11.8 Å². The van der Waals surface area contributed by atoms with Gasteiger partial charge in [-0.3, -0.25) is 19.2 Å². The maximum absolute atomic E-state index is 14.0. The van der Waals surface area contributed by atoms with Crippen molar-refractivity contribution in [3.8, 4) is 0 Å². The highest BCUT2D eigenvalue weighted by atomic mass is 19.4. The van der Waals surface area contributed by atoms with Gasteiger partial charge >= 0.3 is 72.3 Å². The summed E-state index contributed by atoms with van der Waals surface area (Å²) < 4.78 is 233. The molecular weight excluding hydrogens is 1120 g/mol. The van der Waals surface area contributed by atoms with Crippen LogP contribution in [0.4, 0.5) is 70.2 Å². The number of halogens is 16. The van der Waals surface area contributed by atoms with E-state index in [9.17, 15) is 99.0 Å². The number of alkyl halides is 16. The van der Waals surface area contributed by atoms with Crippen LogP contribution < -0.4 is 0 Å². The molecule has 2 aliphatic rings. The molecule has 0 N–H and O–H groups in total. The highest BCUT2D eigenvalue weighted by Gasteiger charge is 2.77. The summed E-state index contributed by atoms with van der Waals surface area (Å²) in [6.45, 7) is 13.9. The SMILES string of the molecule is C.C.C.C.C.C.C=C(C)C(=O)OCC(F)(F)C(F)(F)C(F)(F)C(F)F.C=C(C)C(=O)OCC1CO1.C=CC(=O)N(C)C.CCC(CC(C)(CC(C)(C)C(=O)OCC1CO1)C(=O)OCC(F)(F)C(F)(F)C(F)(F)C(F)F)C(=O)N(C)C. The second-order valence-electron chi connectivity index (χ2n) is 17.8. The lowest BCUT2D eigenvalue weighted by Gasteiger charge is -2.37. The standard InChI is InChI=1S/C23H33F8NO6.C9H8F8O2.C7H10O3.C5H9NO.6CH4/c1-7-13(15(33)32(5)6)8-20(4,11-19(2,3)17(34)37-10-14-9-36-14)18(35)38-12-21(26,27)23(30,31)22(28,29)16(24)25;1-4(2)5(18)19-3-7(12,13)9(16,17)8(14,15)6(10)11;1-5(2)7(8)10-4-6-3-9-6;1-4-5(7)6(2)3;;;;;;/h13-14,16H,7-12H2,1-6H3;6H,1,3H2,2H3;6H,1,3-4H2,2H3;4H,1H2,2-3H3;6*1H4. The zero-order valence-electron chi connectivity index (χ0n) is 41.8. The van der Waals surface area contributed by atoms with Crippen molar-refractivity contribution in [2.45, 2.75) is 166 Å². The van der Waals surface area contributed by atoms with E-state index in [0.717, 1.165) is 13.8 Å². The summed E-state index contributed by atoms with van der Waals surface area (Å²) in [6, 6.07) is 0. The van der Waals surface area contributed by atoms with Crippen LogP contribution in [-0.4, -0.2) is 174 Å². The second-order valence-corrected chi connectivity index (χ2v) is 17.8. The number of esters is 4. The molecule has 0 aromatic heterocycles. The van der Waals surface area contributed by atoms with E-state index in [0.29, 0.717) is 25.4 Å². The number of hydrogen-bond acceptors (Lipinski definition) is 12. The summed E-state index contributed by atoms with van der Waals surface area (Å²) in [5, 5.41) is 0. The fourth-order valence-corrected chi connectivity index (χ4v) is 5.31. The largest absolute Gasteiger partial charge is 0.462 e. The third-order valence-corrected chi connectivity index (χ3v) is 9.85. The predicted molar refractivity (Wildman–Crippen MR) is 268 cm³/mol. The molecule has 0 bridgehead atoms. The van der Waals surface area contributed by atoms with Gasteiger partial charge in [0.05, 0.1) is 24.0 Å². The number of amides is 2. The molecule has 0 spiro atoms. The number of ether oxygens (including phenoxy) is 6. The van der Waals surface area contributed by atoms with E-state index in [1.165, 1.54) is 43.8 Å². The Hall–Kier alpha value is -5.16. The molecule has 4 atom stereocenters. The van der Waals surface area contributed by atoms with Crippen LogP contribution in [0, 0.1) is 16.7 Å². The van der Waals surface area contributed by atoms with Gasteiger partial charge in [0.25, 0.3) is 0 Å². The zero-order chi connectivity index (χ0) is 59.0. The summed E-state index contributed by atoms with van der Waals surface area (Å²) in [6.07, 6.45) is -9.78. The van der Waals surface area contributed by atoms with Gasteiger partial charge in [-0.2, -0.15) is 52.7 Å². The number of nitrogens with zero attached hydrogens (tertiary/aromatic N) is 2. The van der Waals surface area contributed by atoms with Crippen molar-refractivity contribution in [1.82, 2.24) is 9.80 Å². The van der Waals surface area contributed by atoms with Gasteiger partial charge in [0.1, 0.15) is 25.4 Å². The van der Waals surface area contributed by atoms with Crippen molar-refractivity contribution in [2.24, 2.45) is 16.7 Å². The summed E-state index contributed by atoms with van der Waals surface area (Å²) in [4.78, 5) is 72.6. The number of hydrogen-bond donors (Lipinski definition) is 0. The second kappa shape index (κ2) is 36.3. The van der Waals surface area contributed by atoms with Gasteiger partial charge in [0, 0.05) is 45.3 Å². The van der Waals surface area contributed by atoms with Crippen molar-refractivity contribution in [2.75, 3.05) is 67.8 Å². The highest BCUT2D eigenvalue weighted by molar-refractivity contribution is 5.87. The first-order valence-corrected chi connectivity index (χ1v) is 21.3. The van der Waals surface area contributed by atoms with Crippen molar-refractivity contribution >= 4 is 35.7 Å². The predicted octanol–water partition coefficient (Wildman–Crippen LogP) is 12.4. The van der Waals surface area contributed by atoms with Crippen LogP contribution in [0.1, 0.15) is 105 Å². The number of epoxide rings is 2. The van der Waals surface area contributed by atoms with Crippen molar-refractivity contribution < 1.29 is 127 Å². The molecule has 2 heterocycles. The number of rotatable bonds is 25. The lowest BCUT2D eigenvalue weighted by Crippen LogP contribution is -2.59. The Morgan fingerprint density at radius 1 is 0.588 bits per heavy atom. The minimum atomic E-state index is -6.56. The van der Waals surface area contributed by atoms with Crippen LogP contribution in [0.2, 0.25) is 0 Å². The van der Waals surface area contributed by atoms with Crippen LogP contribution in [-0.2, 0) is 57.2 Å². The van der Waals surface area contributed by atoms with E-state index in [-0.39, 0.29) is 81.7 Å². The van der Waals surface area contributed by atoms with Gasteiger partial charge in [-0.05, 0) is 60.0 Å². The van der Waals surface area contributed by atoms with E-state index >= 15 is 0 Å². The quantitative estimate of drug-likeness (QED) is 0.0279. The van der Waals surface area contributed by atoms with Gasteiger partial charge in [-0.25, -0.2) is 27.2 Å². The molecule has 2 amide bonds. The molecule has 14 nitrogen and oxygen atoms in total. The van der Waals surface area contributed by atoms with Gasteiger partial charge in [-0.15, -0.1) is 0 Å². The Kier molecular flexibility index (Phi) is 41.5. The minimum absolute atomic E-state index is 0. The first kappa shape index (κ1) is 91.3. The number of carbonyl (C=O) groups excluding carboxylic acids is 6. The molecule has 80 heavy (non-hydrogen) atoms. The highest BCUT2D eigenvalue weighted by Crippen LogP contribution is 2.50. The van der Waals surface area contributed by atoms with Gasteiger partial charge in [-0.1, -0.05) is 71.2 Å². The minimum Gasteiger partial charge on any atom is -0.462 e. The average Bonchev–Trinajstić information content (AvgIpc) is 4.23. The third-order valence-electron chi connectivity index (χ3n) is 9.85. The van der Waals surface area contributed by atoms with E-state index in [1.807, 2.05) is 0 Å². The van der Waals surface area contributed by atoms with Crippen molar-refractivity contribution in [3.63, 3.8) is 0 Å². The molecule has 0 radical (unpaired) electrons. The maximum atomic E-state index is 14.0. The molecule has 0 saturated carbocycles. The Bertz CT molecular complexity index is 1950. The molecule has 2 saturated heterocycles. The van der Waals surface area contributed by atoms with Crippen molar-refractivity contribution in [1.29, 1.82) is 0 Å². The third kappa shape index (κ3) is 27.1. The van der Waals surface area contributed by atoms with Crippen LogP contribution in [0.15, 0.2) is 37.0 Å². The summed E-state index contributed by atoms with van der Waals surface area (Å²) in [5.74, 6) is -43.0. The van der Waals surface area contributed by atoms with Crippen LogP contribution in [0.3, 0.4) is 0 Å². The van der Waals surface area contributed by atoms with Crippen LogP contribution in [0.5, 0.6) is 0 Å². The van der Waals surface area contributed by atoms with Crippen LogP contribution >= 0.6 is 0 Å². The fourth-order valence-electron chi connectivity index (χ4n) is 5.31. The van der Waals surface area contributed by atoms with Gasteiger partial charge < -0.3 is 38.2 Å². The molecule has 30 heteroatoms. The first-order valence-electron chi connectivity index (χ1n) is 21.3. The summed E-state index contributed by atoms with van der Waals surface area (Å²) in [7, 11) is 6.19. The Balaban J connectivity index is -0.000000171. The zero-order valence-corrected chi connectivity index (χ0v) is 41.8. The molecular formula is C50H84F16N2O12. The maximum Gasteiger partial charge on any atom is 0.381 e. The first-order chi connectivity index (χ1) is 33.2. The Morgan fingerprint density at radius 2 is 0.925 bits per heavy atom. The Labute approximate surface area is 459 Å². The molecule has 2 fully saturated rings. The molecule has 2 aliphatic heterocycles. The molecule has 2 rings (SSSR count). The normalized spacial score (nSPS) is 15.7. The molecule has 478 valence electrons. The lowest BCUT2D eigenvalue weighted by molar-refractivity contribution is -0.344. The fraction of sp³-hybridized carbons (Fsp3) is 0.760. The lowest BCUT2D eigenvalue weighted by atomic mass is 9.69. The topological polar surface area (TPSA) is 171 Å².